The second-order valence-electron chi connectivity index (χ2n) is 4.54. The van der Waals surface area contributed by atoms with Gasteiger partial charge in [0.15, 0.2) is 5.67 Å². The minimum atomic E-state index is -1.71. The Balaban J connectivity index is 2.12. The third kappa shape index (κ3) is 2.36. The SMILES string of the molecule is N#Cc1ccc(C(=O)N2CCC[C@@](F)(CO)C2)[nH]1. The monoisotopic (exact) mass is 251 g/mol. The molecule has 1 amide bonds. The van der Waals surface area contributed by atoms with Crippen molar-refractivity contribution in [2.75, 3.05) is 19.7 Å². The minimum Gasteiger partial charge on any atom is -0.393 e. The van der Waals surface area contributed by atoms with Crippen LogP contribution in [0.4, 0.5) is 4.39 Å². The predicted molar refractivity (Wildman–Crippen MR) is 61.6 cm³/mol. The Morgan fingerprint density at radius 3 is 3.06 bits per heavy atom. The van der Waals surface area contributed by atoms with Gasteiger partial charge in [0.25, 0.3) is 5.91 Å². The molecule has 96 valence electrons. The van der Waals surface area contributed by atoms with E-state index in [4.69, 9.17) is 10.4 Å². The lowest BCUT2D eigenvalue weighted by molar-refractivity contribution is 0.00154. The lowest BCUT2D eigenvalue weighted by atomic mass is 9.95. The molecule has 0 saturated carbocycles. The number of aliphatic hydroxyl groups is 1. The number of amides is 1. The van der Waals surface area contributed by atoms with E-state index in [2.05, 4.69) is 4.98 Å². The van der Waals surface area contributed by atoms with Crippen LogP contribution in [0.2, 0.25) is 0 Å². The summed E-state index contributed by atoms with van der Waals surface area (Å²) in [5.41, 5.74) is -1.14. The van der Waals surface area contributed by atoms with Crippen LogP contribution in [0.5, 0.6) is 0 Å². The van der Waals surface area contributed by atoms with Crippen LogP contribution < -0.4 is 0 Å². The number of rotatable bonds is 2. The summed E-state index contributed by atoms with van der Waals surface area (Å²) < 4.78 is 14.0. The Morgan fingerprint density at radius 2 is 2.44 bits per heavy atom. The molecular weight excluding hydrogens is 237 g/mol. The van der Waals surface area contributed by atoms with Crippen molar-refractivity contribution in [2.24, 2.45) is 0 Å². The van der Waals surface area contributed by atoms with Crippen molar-refractivity contribution in [2.45, 2.75) is 18.5 Å². The lowest BCUT2D eigenvalue weighted by Crippen LogP contribution is -2.49. The highest BCUT2D eigenvalue weighted by atomic mass is 19.1. The van der Waals surface area contributed by atoms with Crippen molar-refractivity contribution >= 4 is 5.91 Å². The maximum Gasteiger partial charge on any atom is 0.270 e. The standard InChI is InChI=1S/C12H14FN3O2/c13-12(8-17)4-1-5-16(7-12)11(18)10-3-2-9(6-14)15-10/h2-3,15,17H,1,4-5,7-8H2/t12-/m0/s1. The van der Waals surface area contributed by atoms with E-state index >= 15 is 0 Å². The molecule has 0 bridgehead atoms. The fourth-order valence-corrected chi connectivity index (χ4v) is 2.14. The molecule has 2 heterocycles. The van der Waals surface area contributed by atoms with Gasteiger partial charge in [0.05, 0.1) is 13.2 Å². The number of aliphatic hydroxyl groups excluding tert-OH is 1. The van der Waals surface area contributed by atoms with Crippen molar-refractivity contribution in [3.05, 3.63) is 23.5 Å². The predicted octanol–water partition coefficient (Wildman–Crippen LogP) is 0.823. The fourth-order valence-electron chi connectivity index (χ4n) is 2.14. The fraction of sp³-hybridized carbons (Fsp3) is 0.500. The largest absolute Gasteiger partial charge is 0.393 e. The van der Waals surface area contributed by atoms with E-state index in [0.717, 1.165) is 0 Å². The van der Waals surface area contributed by atoms with Gasteiger partial charge < -0.3 is 15.0 Å². The summed E-state index contributed by atoms with van der Waals surface area (Å²) in [6.07, 6.45) is 0.788. The molecule has 2 rings (SSSR count). The Kier molecular flexibility index (Phi) is 3.34. The quantitative estimate of drug-likeness (QED) is 0.816. The maximum absolute atomic E-state index is 14.0. The number of H-pyrrole nitrogens is 1. The molecule has 1 aliphatic heterocycles. The van der Waals surface area contributed by atoms with Gasteiger partial charge in [-0.15, -0.1) is 0 Å². The summed E-state index contributed by atoms with van der Waals surface area (Å²) in [5, 5.41) is 17.7. The first-order chi connectivity index (χ1) is 8.58. The summed E-state index contributed by atoms with van der Waals surface area (Å²) in [4.78, 5) is 16.1. The van der Waals surface area contributed by atoms with E-state index in [9.17, 15) is 9.18 Å². The van der Waals surface area contributed by atoms with Crippen molar-refractivity contribution in [1.82, 2.24) is 9.88 Å². The van der Waals surface area contributed by atoms with Gasteiger partial charge in [-0.05, 0) is 25.0 Å². The van der Waals surface area contributed by atoms with Gasteiger partial charge >= 0.3 is 0 Å². The van der Waals surface area contributed by atoms with E-state index in [0.29, 0.717) is 18.7 Å². The van der Waals surface area contributed by atoms with Crippen LogP contribution in [-0.2, 0) is 0 Å². The van der Waals surface area contributed by atoms with Gasteiger partial charge in [-0.3, -0.25) is 4.79 Å². The van der Waals surface area contributed by atoms with Crippen LogP contribution in [0.3, 0.4) is 0 Å². The average Bonchev–Trinajstić information content (AvgIpc) is 2.86. The number of carbonyl (C=O) groups is 1. The lowest BCUT2D eigenvalue weighted by Gasteiger charge is -2.36. The molecule has 1 fully saturated rings. The molecule has 1 aromatic heterocycles. The molecule has 5 nitrogen and oxygen atoms in total. The Bertz CT molecular complexity index is 494. The molecule has 1 saturated heterocycles. The Labute approximate surface area is 104 Å². The second kappa shape index (κ2) is 4.78. The van der Waals surface area contributed by atoms with E-state index in [1.165, 1.54) is 17.0 Å². The first kappa shape index (κ1) is 12.6. The van der Waals surface area contributed by atoms with E-state index < -0.39 is 12.3 Å². The third-order valence-corrected chi connectivity index (χ3v) is 3.13. The Hall–Kier alpha value is -1.87. The number of carbonyl (C=O) groups excluding carboxylic acids is 1. The minimum absolute atomic E-state index is 0.108. The molecule has 1 aliphatic rings. The highest BCUT2D eigenvalue weighted by Crippen LogP contribution is 2.25. The van der Waals surface area contributed by atoms with Crippen LogP contribution in [0.25, 0.3) is 0 Å². The van der Waals surface area contributed by atoms with Crippen molar-refractivity contribution in [3.63, 3.8) is 0 Å². The normalized spacial score (nSPS) is 23.7. The zero-order valence-corrected chi connectivity index (χ0v) is 9.82. The van der Waals surface area contributed by atoms with Gasteiger partial charge in [0, 0.05) is 6.54 Å². The van der Waals surface area contributed by atoms with Gasteiger partial charge in [-0.25, -0.2) is 4.39 Å². The molecule has 0 spiro atoms. The van der Waals surface area contributed by atoms with Crippen LogP contribution in [0, 0.1) is 11.3 Å². The smallest absolute Gasteiger partial charge is 0.270 e. The molecule has 6 heteroatoms. The van der Waals surface area contributed by atoms with Crippen LogP contribution >= 0.6 is 0 Å². The van der Waals surface area contributed by atoms with E-state index in [-0.39, 0.29) is 24.6 Å². The molecule has 2 N–H and O–H groups in total. The summed E-state index contributed by atoms with van der Waals surface area (Å²) >= 11 is 0. The number of aromatic amines is 1. The van der Waals surface area contributed by atoms with Crippen LogP contribution in [0.15, 0.2) is 12.1 Å². The number of alkyl halides is 1. The number of hydrogen-bond donors (Lipinski definition) is 2. The molecule has 18 heavy (non-hydrogen) atoms. The van der Waals surface area contributed by atoms with Crippen molar-refractivity contribution in [1.29, 1.82) is 5.26 Å². The molecule has 0 unspecified atom stereocenters. The highest BCUT2D eigenvalue weighted by Gasteiger charge is 2.37. The topological polar surface area (TPSA) is 80.1 Å². The van der Waals surface area contributed by atoms with E-state index in [1.807, 2.05) is 6.07 Å². The first-order valence-corrected chi connectivity index (χ1v) is 5.76. The first-order valence-electron chi connectivity index (χ1n) is 5.76. The average molecular weight is 251 g/mol. The highest BCUT2D eigenvalue weighted by molar-refractivity contribution is 5.92. The summed E-state index contributed by atoms with van der Waals surface area (Å²) in [6, 6.07) is 4.91. The van der Waals surface area contributed by atoms with Gasteiger partial charge in [-0.1, -0.05) is 0 Å². The summed E-state index contributed by atoms with van der Waals surface area (Å²) in [5.74, 6) is -0.341. The number of likely N-dealkylation sites (tertiary alicyclic amines) is 1. The number of nitrogens with one attached hydrogen (secondary N) is 1. The van der Waals surface area contributed by atoms with Gasteiger partial charge in [0.2, 0.25) is 0 Å². The molecule has 1 aromatic rings. The van der Waals surface area contributed by atoms with Crippen molar-refractivity contribution in [3.8, 4) is 6.07 Å². The summed E-state index contributed by atoms with van der Waals surface area (Å²) in [6.45, 7) is -0.223. The van der Waals surface area contributed by atoms with Gasteiger partial charge in [0.1, 0.15) is 17.5 Å². The molecule has 0 radical (unpaired) electrons. The number of hydrogen-bond acceptors (Lipinski definition) is 3. The number of piperidine rings is 1. The zero-order chi connectivity index (χ0) is 13.2. The zero-order valence-electron chi connectivity index (χ0n) is 9.82. The number of aromatic nitrogens is 1. The number of nitrogens with zero attached hydrogens (tertiary/aromatic N) is 2. The van der Waals surface area contributed by atoms with Crippen LogP contribution in [-0.4, -0.2) is 46.3 Å². The molecule has 0 aromatic carbocycles. The molecular formula is C12H14FN3O2. The van der Waals surface area contributed by atoms with Crippen molar-refractivity contribution < 1.29 is 14.3 Å². The molecule has 1 atom stereocenters. The molecule has 0 aliphatic carbocycles. The number of halogens is 1. The third-order valence-electron chi connectivity index (χ3n) is 3.13. The number of nitriles is 1. The summed E-state index contributed by atoms with van der Waals surface area (Å²) in [7, 11) is 0. The maximum atomic E-state index is 14.0. The van der Waals surface area contributed by atoms with E-state index in [1.54, 1.807) is 0 Å². The van der Waals surface area contributed by atoms with Crippen LogP contribution in [0.1, 0.15) is 29.0 Å². The Morgan fingerprint density at radius 1 is 1.67 bits per heavy atom. The van der Waals surface area contributed by atoms with Gasteiger partial charge in [-0.2, -0.15) is 5.26 Å². The second-order valence-corrected chi connectivity index (χ2v) is 4.54.